The Labute approximate surface area is 298 Å². The number of pyridine rings is 4. The van der Waals surface area contributed by atoms with E-state index in [4.69, 9.17) is 9.97 Å². The second-order valence-corrected chi connectivity index (χ2v) is 13.7. The largest absolute Gasteiger partial charge is 0.255 e. The lowest BCUT2D eigenvalue weighted by atomic mass is 9.97. The molecule has 0 saturated carbocycles. The molecule has 0 aliphatic carbocycles. The first-order valence-corrected chi connectivity index (χ1v) is 17.8. The number of benzene rings is 5. The van der Waals surface area contributed by atoms with Gasteiger partial charge in [0.25, 0.3) is 0 Å². The lowest BCUT2D eigenvalue weighted by molar-refractivity contribution is 1.22. The smallest absolute Gasteiger partial charge is 0.0900 e. The van der Waals surface area contributed by atoms with Crippen LogP contribution in [-0.2, 0) is 0 Å². The highest BCUT2D eigenvalue weighted by molar-refractivity contribution is 7.26. The molecule has 0 fully saturated rings. The summed E-state index contributed by atoms with van der Waals surface area (Å²) in [7, 11) is 0. The van der Waals surface area contributed by atoms with Gasteiger partial charge in [-0.2, -0.15) is 0 Å². The van der Waals surface area contributed by atoms with Crippen molar-refractivity contribution >= 4 is 53.2 Å². The van der Waals surface area contributed by atoms with Crippen LogP contribution in [0.3, 0.4) is 0 Å². The quantitative estimate of drug-likeness (QED) is 0.171. The molecule has 238 valence electrons. The van der Waals surface area contributed by atoms with Gasteiger partial charge >= 0.3 is 0 Å². The van der Waals surface area contributed by atoms with E-state index >= 15 is 0 Å². The number of hydrogen-bond acceptors (Lipinski definition) is 5. The maximum Gasteiger partial charge on any atom is 0.0900 e. The van der Waals surface area contributed by atoms with Gasteiger partial charge in [0.1, 0.15) is 0 Å². The van der Waals surface area contributed by atoms with Gasteiger partial charge in [0.2, 0.25) is 0 Å². The molecular formula is C46H28N4S. The highest BCUT2D eigenvalue weighted by atomic mass is 32.1. The van der Waals surface area contributed by atoms with Crippen LogP contribution in [0.1, 0.15) is 0 Å². The summed E-state index contributed by atoms with van der Waals surface area (Å²) in [6.07, 6.45) is 3.60. The molecule has 0 unspecified atom stereocenters. The van der Waals surface area contributed by atoms with E-state index in [0.717, 1.165) is 61.8 Å². The molecular weight excluding hydrogens is 641 g/mol. The van der Waals surface area contributed by atoms with Crippen LogP contribution in [0, 0.1) is 0 Å². The topological polar surface area (TPSA) is 51.6 Å². The van der Waals surface area contributed by atoms with Crippen molar-refractivity contribution in [2.24, 2.45) is 0 Å². The van der Waals surface area contributed by atoms with E-state index in [1.54, 1.807) is 12.4 Å². The molecule has 5 aromatic carbocycles. The molecule has 0 aliphatic rings. The predicted octanol–water partition coefficient (Wildman–Crippen LogP) is 12.3. The summed E-state index contributed by atoms with van der Waals surface area (Å²) in [6, 6.07) is 55.3. The zero-order valence-electron chi connectivity index (χ0n) is 27.4. The van der Waals surface area contributed by atoms with Crippen molar-refractivity contribution in [1.29, 1.82) is 0 Å². The first-order valence-electron chi connectivity index (χ1n) is 17.0. The van der Waals surface area contributed by atoms with Crippen molar-refractivity contribution in [1.82, 2.24) is 19.9 Å². The monoisotopic (exact) mass is 668 g/mol. The molecule has 0 aliphatic heterocycles. The summed E-state index contributed by atoms with van der Waals surface area (Å²) >= 11 is 1.86. The van der Waals surface area contributed by atoms with Crippen LogP contribution in [0.15, 0.2) is 170 Å². The average Bonchev–Trinajstić information content (AvgIpc) is 3.61. The Kier molecular flexibility index (Phi) is 6.96. The highest BCUT2D eigenvalue weighted by Gasteiger charge is 2.17. The van der Waals surface area contributed by atoms with Crippen LogP contribution < -0.4 is 0 Å². The highest BCUT2D eigenvalue weighted by Crippen LogP contribution is 2.43. The number of aromatic nitrogens is 4. The van der Waals surface area contributed by atoms with Crippen molar-refractivity contribution < 1.29 is 0 Å². The van der Waals surface area contributed by atoms with Gasteiger partial charge < -0.3 is 0 Å². The number of fused-ring (bicyclic) bond motifs is 6. The molecule has 0 atom stereocenters. The van der Waals surface area contributed by atoms with Gasteiger partial charge in [0.15, 0.2) is 0 Å². The second kappa shape index (κ2) is 12.1. The SMILES string of the molecule is c1ccc(-c2cc(-c3ccc(-c4ccc(-c5nc6cc7ccccc7cc6c6sc7ccccc7c56)cc4)cc3)cc(-c3ccccn3)n2)nc1. The Morgan fingerprint density at radius 1 is 0.392 bits per heavy atom. The Balaban J connectivity index is 1.03. The molecule has 4 nitrogen and oxygen atoms in total. The number of hydrogen-bond donors (Lipinski definition) is 0. The molecule has 5 aromatic heterocycles. The third kappa shape index (κ3) is 5.23. The zero-order chi connectivity index (χ0) is 33.7. The van der Waals surface area contributed by atoms with E-state index in [2.05, 4.69) is 131 Å². The first kappa shape index (κ1) is 29.4. The second-order valence-electron chi connectivity index (χ2n) is 12.7. The molecule has 10 rings (SSSR count). The average molecular weight is 669 g/mol. The molecule has 0 N–H and O–H groups in total. The van der Waals surface area contributed by atoms with E-state index in [0.29, 0.717) is 0 Å². The van der Waals surface area contributed by atoms with Crippen LogP contribution >= 0.6 is 11.3 Å². The molecule has 10 aromatic rings. The number of nitrogens with zero attached hydrogens (tertiary/aromatic N) is 4. The van der Waals surface area contributed by atoms with E-state index in [1.807, 2.05) is 47.7 Å². The number of thiophene rings is 1. The van der Waals surface area contributed by atoms with Crippen molar-refractivity contribution in [2.45, 2.75) is 0 Å². The van der Waals surface area contributed by atoms with Crippen LogP contribution in [0.5, 0.6) is 0 Å². The maximum absolute atomic E-state index is 5.34. The Morgan fingerprint density at radius 2 is 0.941 bits per heavy atom. The number of rotatable bonds is 5. The standard InChI is InChI=1S/C46H28N4S/c1-2-10-34-26-40-37(25-33(34)9-1)46-44(36-11-3-4-14-43(36)51-46)45(50-40)32-21-19-30(20-22-32)29-15-17-31(18-16-29)35-27-41(38-12-5-7-23-47-38)49-42(28-35)39-13-6-8-24-48-39/h1-28H. The van der Waals surface area contributed by atoms with Gasteiger partial charge in [-0.1, -0.05) is 103 Å². The molecule has 0 bridgehead atoms. The molecule has 0 radical (unpaired) electrons. The fraction of sp³-hybridized carbons (Fsp3) is 0. The van der Waals surface area contributed by atoms with Gasteiger partial charge in [0.05, 0.1) is 34.0 Å². The summed E-state index contributed by atoms with van der Waals surface area (Å²) in [4.78, 5) is 19.4. The molecule has 0 spiro atoms. The summed E-state index contributed by atoms with van der Waals surface area (Å²) in [5.41, 5.74) is 10.9. The third-order valence-corrected chi connectivity index (χ3v) is 10.8. The van der Waals surface area contributed by atoms with Gasteiger partial charge in [-0.05, 0) is 87.6 Å². The molecule has 5 heteroatoms. The van der Waals surface area contributed by atoms with Gasteiger partial charge in [-0.25, -0.2) is 9.97 Å². The first-order chi connectivity index (χ1) is 25.2. The van der Waals surface area contributed by atoms with E-state index in [9.17, 15) is 0 Å². The Bertz CT molecular complexity index is 2820. The Hall–Kier alpha value is -6.56. The molecule has 51 heavy (non-hydrogen) atoms. The fourth-order valence-corrected chi connectivity index (χ4v) is 8.25. The van der Waals surface area contributed by atoms with Crippen molar-refractivity contribution in [3.63, 3.8) is 0 Å². The lowest BCUT2D eigenvalue weighted by Crippen LogP contribution is -1.94. The van der Waals surface area contributed by atoms with Crippen molar-refractivity contribution in [2.75, 3.05) is 0 Å². The van der Waals surface area contributed by atoms with E-state index < -0.39 is 0 Å². The van der Waals surface area contributed by atoms with Crippen LogP contribution in [0.2, 0.25) is 0 Å². The van der Waals surface area contributed by atoms with Gasteiger partial charge in [0, 0.05) is 43.5 Å². The van der Waals surface area contributed by atoms with Gasteiger partial charge in [-0.15, -0.1) is 11.3 Å². The van der Waals surface area contributed by atoms with Crippen LogP contribution in [-0.4, -0.2) is 19.9 Å². The maximum atomic E-state index is 5.34. The van der Waals surface area contributed by atoms with Crippen molar-refractivity contribution in [3.05, 3.63) is 170 Å². The molecule has 5 heterocycles. The summed E-state index contributed by atoms with van der Waals surface area (Å²) in [5, 5.41) is 6.13. The zero-order valence-corrected chi connectivity index (χ0v) is 28.2. The third-order valence-electron chi connectivity index (χ3n) is 9.56. The summed E-state index contributed by atoms with van der Waals surface area (Å²) in [5.74, 6) is 0. The van der Waals surface area contributed by atoms with Crippen LogP contribution in [0.25, 0.3) is 98.1 Å². The molecule has 0 amide bonds. The van der Waals surface area contributed by atoms with Gasteiger partial charge in [-0.3, -0.25) is 9.97 Å². The van der Waals surface area contributed by atoms with E-state index in [1.165, 1.54) is 36.3 Å². The van der Waals surface area contributed by atoms with E-state index in [-0.39, 0.29) is 0 Å². The summed E-state index contributed by atoms with van der Waals surface area (Å²) < 4.78 is 2.57. The molecule has 0 saturated heterocycles. The lowest BCUT2D eigenvalue weighted by Gasteiger charge is -2.11. The normalized spacial score (nSPS) is 11.5. The predicted molar refractivity (Wildman–Crippen MR) is 213 cm³/mol. The Morgan fingerprint density at radius 3 is 1.57 bits per heavy atom. The minimum Gasteiger partial charge on any atom is -0.255 e. The summed E-state index contributed by atoms with van der Waals surface area (Å²) in [6.45, 7) is 0. The fourth-order valence-electron chi connectivity index (χ4n) is 7.02. The minimum atomic E-state index is 0.816. The van der Waals surface area contributed by atoms with Crippen LogP contribution in [0.4, 0.5) is 0 Å². The van der Waals surface area contributed by atoms with Crippen molar-refractivity contribution in [3.8, 4) is 56.3 Å². The minimum absolute atomic E-state index is 0.816.